The molecule has 1 aromatic carbocycles. The average Bonchev–Trinajstić information content (AvgIpc) is 3.28. The van der Waals surface area contributed by atoms with Crippen LogP contribution in [0.3, 0.4) is 0 Å². The number of pyridine rings is 1. The van der Waals surface area contributed by atoms with Crippen molar-refractivity contribution < 1.29 is 14.3 Å². The number of aryl methyl sites for hydroxylation is 2. The summed E-state index contributed by atoms with van der Waals surface area (Å²) in [6.07, 6.45) is 2.59. The van der Waals surface area contributed by atoms with Crippen LogP contribution in [0, 0.1) is 12.8 Å². The van der Waals surface area contributed by atoms with Crippen LogP contribution in [0.25, 0.3) is 22.2 Å². The van der Waals surface area contributed by atoms with Gasteiger partial charge in [0.05, 0.1) is 11.7 Å². The lowest BCUT2D eigenvalue weighted by Crippen LogP contribution is -2.21. The van der Waals surface area contributed by atoms with Crippen molar-refractivity contribution in [3.63, 3.8) is 0 Å². The highest BCUT2D eigenvalue weighted by atomic mass is 16.6. The number of nitrogens with one attached hydrogen (secondary N) is 2. The molecule has 8 nitrogen and oxygen atoms in total. The van der Waals surface area contributed by atoms with Crippen molar-refractivity contribution >= 4 is 22.9 Å². The molecule has 3 heterocycles. The van der Waals surface area contributed by atoms with E-state index >= 15 is 0 Å². The Balaban J connectivity index is 1.75. The first kappa shape index (κ1) is 20.6. The second-order valence-electron chi connectivity index (χ2n) is 7.99. The molecule has 0 saturated carbocycles. The number of alkyl carbamates (subject to hydrolysis) is 1. The van der Waals surface area contributed by atoms with Crippen molar-refractivity contribution in [1.29, 1.82) is 0 Å². The van der Waals surface area contributed by atoms with Gasteiger partial charge < -0.3 is 9.72 Å². The number of aromatic nitrogens is 3. The van der Waals surface area contributed by atoms with E-state index in [0.717, 1.165) is 28.6 Å². The van der Waals surface area contributed by atoms with Gasteiger partial charge in [0.25, 0.3) is 11.5 Å². The maximum absolute atomic E-state index is 13.0. The van der Waals surface area contributed by atoms with E-state index in [9.17, 15) is 14.4 Å². The Morgan fingerprint density at radius 3 is 2.58 bits per heavy atom. The second kappa shape index (κ2) is 7.86. The third kappa shape index (κ3) is 3.76. The number of nitrogens with zero attached hydrogens (tertiary/aromatic N) is 2. The number of carbonyl (C=O) groups excluding carboxylic acids is 2. The maximum Gasteiger partial charge on any atom is 0.419 e. The van der Waals surface area contributed by atoms with Crippen LogP contribution in [0.1, 0.15) is 37.8 Å². The normalized spacial score (nSPS) is 16.2. The van der Waals surface area contributed by atoms with Gasteiger partial charge in [0.1, 0.15) is 0 Å². The topological polar surface area (TPSA) is 106 Å². The first-order valence-corrected chi connectivity index (χ1v) is 10.2. The molecule has 8 heteroatoms. The summed E-state index contributed by atoms with van der Waals surface area (Å²) >= 11 is 0. The Hall–Kier alpha value is -3.68. The monoisotopic (exact) mass is 420 g/mol. The van der Waals surface area contributed by atoms with E-state index in [1.165, 1.54) is 6.08 Å². The Morgan fingerprint density at radius 1 is 1.19 bits per heavy atom. The molecule has 1 aliphatic rings. The summed E-state index contributed by atoms with van der Waals surface area (Å²) in [5.41, 5.74) is 3.94. The Labute approximate surface area is 178 Å². The van der Waals surface area contributed by atoms with E-state index in [1.807, 2.05) is 56.8 Å². The van der Waals surface area contributed by atoms with Crippen molar-refractivity contribution in [3.8, 4) is 11.3 Å². The molecule has 0 bridgehead atoms. The van der Waals surface area contributed by atoms with Crippen LogP contribution in [0.4, 0.5) is 4.79 Å². The second-order valence-corrected chi connectivity index (χ2v) is 7.99. The number of ether oxygens (including phenoxy) is 1. The summed E-state index contributed by atoms with van der Waals surface area (Å²) in [7, 11) is 0. The van der Waals surface area contributed by atoms with Gasteiger partial charge in [-0.1, -0.05) is 19.9 Å². The number of cyclic esters (lactones) is 1. The zero-order valence-electron chi connectivity index (χ0n) is 17.9. The number of fused-ring (bicyclic) bond motifs is 1. The van der Waals surface area contributed by atoms with Crippen LogP contribution in [-0.2, 0) is 16.1 Å². The van der Waals surface area contributed by atoms with E-state index in [0.29, 0.717) is 11.3 Å². The summed E-state index contributed by atoms with van der Waals surface area (Å²) in [6.45, 7) is 8.69. The van der Waals surface area contributed by atoms with E-state index < -0.39 is 17.9 Å². The first-order valence-electron chi connectivity index (χ1n) is 10.2. The zero-order chi connectivity index (χ0) is 22.3. The van der Waals surface area contributed by atoms with Crippen LogP contribution in [0.15, 0.2) is 47.1 Å². The summed E-state index contributed by atoms with van der Waals surface area (Å²) in [5.74, 6) is -1.07. The number of amides is 2. The molecule has 3 aromatic rings. The van der Waals surface area contributed by atoms with Gasteiger partial charge in [-0.3, -0.25) is 19.6 Å². The number of hydrogen-bond acceptors (Lipinski definition) is 5. The number of allylic oxidation sites excluding steroid dienone is 1. The van der Waals surface area contributed by atoms with Crippen molar-refractivity contribution in [1.82, 2.24) is 20.1 Å². The molecule has 160 valence electrons. The molecule has 0 radical (unpaired) electrons. The number of imide groups is 1. The zero-order valence-corrected chi connectivity index (χ0v) is 17.9. The molecule has 2 amide bonds. The number of aromatic amines is 1. The quantitative estimate of drug-likeness (QED) is 0.614. The molecule has 1 fully saturated rings. The third-order valence-electron chi connectivity index (χ3n) is 5.57. The lowest BCUT2D eigenvalue weighted by atomic mass is 9.88. The number of hydrogen-bond donors (Lipinski definition) is 2. The van der Waals surface area contributed by atoms with Gasteiger partial charge in [-0.15, -0.1) is 0 Å². The van der Waals surface area contributed by atoms with Crippen LogP contribution in [0.5, 0.6) is 0 Å². The summed E-state index contributed by atoms with van der Waals surface area (Å²) in [5, 5.41) is 7.57. The van der Waals surface area contributed by atoms with Gasteiger partial charge in [-0.05, 0) is 49.6 Å². The van der Waals surface area contributed by atoms with E-state index in [4.69, 9.17) is 4.74 Å². The number of carbonyl (C=O) groups is 2. The number of rotatable bonds is 5. The average molecular weight is 420 g/mol. The SMILES string of the molecule is CCn1ncc2c(C)cc(-c3ccc(C(/C=C4\OC(=O)NC4=O)C(C)C)c(=O)[nH]3)cc21. The van der Waals surface area contributed by atoms with Crippen molar-refractivity contribution in [2.24, 2.45) is 5.92 Å². The molecule has 2 aromatic heterocycles. The summed E-state index contributed by atoms with van der Waals surface area (Å²) in [4.78, 5) is 39.1. The van der Waals surface area contributed by atoms with Crippen molar-refractivity contribution in [2.45, 2.75) is 40.2 Å². The smallest absolute Gasteiger partial charge is 0.404 e. The predicted molar refractivity (Wildman–Crippen MR) is 116 cm³/mol. The first-order chi connectivity index (χ1) is 14.8. The van der Waals surface area contributed by atoms with Crippen LogP contribution in [-0.4, -0.2) is 26.8 Å². The predicted octanol–water partition coefficient (Wildman–Crippen LogP) is 3.61. The fourth-order valence-electron chi connectivity index (χ4n) is 3.91. The summed E-state index contributed by atoms with van der Waals surface area (Å²) in [6, 6.07) is 7.67. The third-order valence-corrected chi connectivity index (χ3v) is 5.57. The molecule has 2 N–H and O–H groups in total. The molecular formula is C23H24N4O4. The molecule has 0 aliphatic carbocycles. The summed E-state index contributed by atoms with van der Waals surface area (Å²) < 4.78 is 6.84. The van der Waals surface area contributed by atoms with Gasteiger partial charge in [0.2, 0.25) is 0 Å². The van der Waals surface area contributed by atoms with Gasteiger partial charge in [-0.25, -0.2) is 4.79 Å². The minimum Gasteiger partial charge on any atom is -0.404 e. The van der Waals surface area contributed by atoms with E-state index in [2.05, 4.69) is 15.4 Å². The molecule has 1 aliphatic heterocycles. The Kier molecular flexibility index (Phi) is 5.22. The fourth-order valence-corrected chi connectivity index (χ4v) is 3.91. The van der Waals surface area contributed by atoms with Crippen LogP contribution in [0.2, 0.25) is 0 Å². The van der Waals surface area contributed by atoms with E-state index in [1.54, 1.807) is 6.07 Å². The highest BCUT2D eigenvalue weighted by molar-refractivity contribution is 6.07. The Morgan fingerprint density at radius 2 is 1.97 bits per heavy atom. The molecule has 4 rings (SSSR count). The standard InChI is InChI=1S/C23H24N4O4/c1-5-27-19-9-14(8-13(4)17(19)11-24-27)18-7-6-15(21(28)25-18)16(12(2)3)10-20-22(29)26-23(30)31-20/h6-12,16H,5H2,1-4H3,(H,25,28)(H,26,29,30)/b20-10-. The largest absolute Gasteiger partial charge is 0.419 e. The van der Waals surface area contributed by atoms with Gasteiger partial charge in [-0.2, -0.15) is 5.10 Å². The Bertz CT molecular complexity index is 1280. The van der Waals surface area contributed by atoms with Crippen molar-refractivity contribution in [2.75, 3.05) is 0 Å². The number of H-pyrrole nitrogens is 1. The van der Waals surface area contributed by atoms with Crippen LogP contribution < -0.4 is 10.9 Å². The lowest BCUT2D eigenvalue weighted by Gasteiger charge is -2.17. The van der Waals surface area contributed by atoms with E-state index in [-0.39, 0.29) is 17.2 Å². The van der Waals surface area contributed by atoms with Crippen molar-refractivity contribution in [3.05, 3.63) is 63.8 Å². The number of benzene rings is 1. The minimum atomic E-state index is -0.805. The highest BCUT2D eigenvalue weighted by Crippen LogP contribution is 2.29. The molecule has 1 unspecified atom stereocenters. The highest BCUT2D eigenvalue weighted by Gasteiger charge is 2.29. The van der Waals surface area contributed by atoms with Gasteiger partial charge in [0.15, 0.2) is 5.76 Å². The molecule has 1 saturated heterocycles. The minimum absolute atomic E-state index is 0.00375. The molecular weight excluding hydrogens is 396 g/mol. The fraction of sp³-hybridized carbons (Fsp3) is 0.304. The van der Waals surface area contributed by atoms with Gasteiger partial charge >= 0.3 is 6.09 Å². The molecule has 31 heavy (non-hydrogen) atoms. The molecule has 0 spiro atoms. The van der Waals surface area contributed by atoms with Gasteiger partial charge in [0, 0.05) is 34.7 Å². The maximum atomic E-state index is 13.0. The van der Waals surface area contributed by atoms with Crippen LogP contribution >= 0.6 is 0 Å². The lowest BCUT2D eigenvalue weighted by molar-refractivity contribution is -0.116. The molecule has 1 atom stereocenters.